The Bertz CT molecular complexity index is 265. The number of allylic oxidation sites excluding steroid dienone is 9. The first kappa shape index (κ1) is 8.60. The van der Waals surface area contributed by atoms with Crippen LogP contribution < -0.4 is 5.73 Å². The van der Waals surface area contributed by atoms with Gasteiger partial charge in [0.25, 0.3) is 0 Å². The highest BCUT2D eigenvalue weighted by atomic mass is 14.5. The van der Waals surface area contributed by atoms with Gasteiger partial charge in [-0.25, -0.2) is 0 Å². The summed E-state index contributed by atoms with van der Waals surface area (Å²) in [7, 11) is 0. The van der Waals surface area contributed by atoms with Crippen LogP contribution in [0.2, 0.25) is 0 Å². The Balaban J connectivity index is 2.74. The number of hydrogen-bond donors (Lipinski definition) is 1. The molecule has 0 aromatic rings. The zero-order valence-electron chi connectivity index (χ0n) is 6.98. The molecule has 1 aliphatic carbocycles. The van der Waals surface area contributed by atoms with Crippen molar-refractivity contribution in [3.63, 3.8) is 0 Å². The van der Waals surface area contributed by atoms with E-state index in [1.54, 1.807) is 0 Å². The number of rotatable bonds is 0. The molecule has 0 fully saturated rings. The lowest BCUT2D eigenvalue weighted by molar-refractivity contribution is 1.39. The highest BCUT2D eigenvalue weighted by Gasteiger charge is 1.77. The van der Waals surface area contributed by atoms with Crippen molar-refractivity contribution in [2.24, 2.45) is 5.73 Å². The topological polar surface area (TPSA) is 26.0 Å². The van der Waals surface area contributed by atoms with Gasteiger partial charge in [0.2, 0.25) is 0 Å². The van der Waals surface area contributed by atoms with E-state index in [9.17, 15) is 0 Å². The summed E-state index contributed by atoms with van der Waals surface area (Å²) in [6, 6.07) is 0. The van der Waals surface area contributed by atoms with Crippen LogP contribution in [0.1, 0.15) is 6.42 Å². The van der Waals surface area contributed by atoms with Crippen LogP contribution in [0, 0.1) is 0 Å². The molecule has 0 amide bonds. The minimum absolute atomic E-state index is 0.770. The Morgan fingerprint density at radius 2 is 1.67 bits per heavy atom. The Morgan fingerprint density at radius 3 is 2.50 bits per heavy atom. The molecule has 0 bridgehead atoms. The van der Waals surface area contributed by atoms with Gasteiger partial charge in [-0.2, -0.15) is 0 Å². The molecule has 0 unspecified atom stereocenters. The first-order valence-electron chi connectivity index (χ1n) is 4.02. The van der Waals surface area contributed by atoms with Gasteiger partial charge >= 0.3 is 0 Å². The van der Waals surface area contributed by atoms with Crippen LogP contribution in [0.4, 0.5) is 0 Å². The van der Waals surface area contributed by atoms with Crippen LogP contribution in [-0.4, -0.2) is 0 Å². The van der Waals surface area contributed by atoms with Crippen molar-refractivity contribution in [3.05, 3.63) is 60.4 Å². The van der Waals surface area contributed by atoms with E-state index in [0.29, 0.717) is 0 Å². The maximum Gasteiger partial charge on any atom is 0.0313 e. The van der Waals surface area contributed by atoms with Crippen molar-refractivity contribution >= 4 is 0 Å². The van der Waals surface area contributed by atoms with E-state index in [1.807, 2.05) is 42.5 Å². The smallest absolute Gasteiger partial charge is 0.0313 e. The Hall–Kier alpha value is -1.50. The molecule has 0 aromatic carbocycles. The SMILES string of the molecule is NC1=C/C=C\C=C/C\C=C/C=C\1. The maximum absolute atomic E-state index is 5.64. The normalized spacial score (nSPS) is 32.2. The molecule has 1 rings (SSSR count). The Morgan fingerprint density at radius 1 is 0.917 bits per heavy atom. The van der Waals surface area contributed by atoms with Gasteiger partial charge in [0.1, 0.15) is 0 Å². The minimum atomic E-state index is 0.770. The second-order valence-electron chi connectivity index (χ2n) is 2.50. The van der Waals surface area contributed by atoms with Crippen molar-refractivity contribution in [2.75, 3.05) is 0 Å². The van der Waals surface area contributed by atoms with Crippen LogP contribution in [0.5, 0.6) is 0 Å². The first-order chi connectivity index (χ1) is 5.89. The van der Waals surface area contributed by atoms with E-state index in [4.69, 9.17) is 5.73 Å². The molecule has 0 atom stereocenters. The molecule has 0 saturated carbocycles. The monoisotopic (exact) mass is 159 g/mol. The molecule has 0 heterocycles. The minimum Gasteiger partial charge on any atom is -0.399 e. The van der Waals surface area contributed by atoms with Crippen LogP contribution in [0.15, 0.2) is 60.4 Å². The standard InChI is InChI=1S/C11H13N/c12-11-9-7-5-3-1-2-4-6-8-10-11/h1,3-10H,2,12H2/b3-1-,6-4-,7-5-,10-8-,11-9+. The highest BCUT2D eigenvalue weighted by molar-refractivity contribution is 5.25. The molecule has 2 N–H and O–H groups in total. The van der Waals surface area contributed by atoms with E-state index in [2.05, 4.69) is 12.2 Å². The molecule has 0 radical (unpaired) electrons. The molecule has 12 heavy (non-hydrogen) atoms. The lowest BCUT2D eigenvalue weighted by Crippen LogP contribution is -1.90. The average Bonchev–Trinajstić information content (AvgIpc) is 2.11. The van der Waals surface area contributed by atoms with Crippen molar-refractivity contribution in [1.82, 2.24) is 0 Å². The van der Waals surface area contributed by atoms with Crippen molar-refractivity contribution in [2.45, 2.75) is 6.42 Å². The Kier molecular flexibility index (Phi) is 3.72. The fraction of sp³-hybridized carbons (Fsp3) is 0.0909. The molecular formula is C11H13N. The van der Waals surface area contributed by atoms with Gasteiger partial charge in [-0.1, -0.05) is 42.5 Å². The van der Waals surface area contributed by atoms with E-state index in [-0.39, 0.29) is 0 Å². The van der Waals surface area contributed by atoms with Gasteiger partial charge < -0.3 is 5.73 Å². The van der Waals surface area contributed by atoms with Crippen LogP contribution in [0.25, 0.3) is 0 Å². The van der Waals surface area contributed by atoms with Gasteiger partial charge in [-0.05, 0) is 18.6 Å². The third-order valence-corrected chi connectivity index (χ3v) is 1.46. The fourth-order valence-corrected chi connectivity index (χ4v) is 0.846. The number of nitrogens with two attached hydrogens (primary N) is 1. The van der Waals surface area contributed by atoms with Gasteiger partial charge in [0, 0.05) is 5.70 Å². The summed E-state index contributed by atoms with van der Waals surface area (Å²) in [4.78, 5) is 0. The van der Waals surface area contributed by atoms with E-state index in [1.165, 1.54) is 0 Å². The third kappa shape index (κ3) is 3.62. The summed E-state index contributed by atoms with van der Waals surface area (Å²) in [5.74, 6) is 0. The van der Waals surface area contributed by atoms with E-state index < -0.39 is 0 Å². The van der Waals surface area contributed by atoms with Crippen LogP contribution >= 0.6 is 0 Å². The summed E-state index contributed by atoms with van der Waals surface area (Å²) >= 11 is 0. The largest absolute Gasteiger partial charge is 0.399 e. The molecule has 62 valence electrons. The van der Waals surface area contributed by atoms with Crippen LogP contribution in [-0.2, 0) is 0 Å². The third-order valence-electron chi connectivity index (χ3n) is 1.46. The zero-order valence-corrected chi connectivity index (χ0v) is 6.98. The first-order valence-corrected chi connectivity index (χ1v) is 4.02. The molecule has 1 aliphatic rings. The van der Waals surface area contributed by atoms with Crippen molar-refractivity contribution in [1.29, 1.82) is 0 Å². The zero-order chi connectivity index (χ0) is 8.65. The lowest BCUT2D eigenvalue weighted by Gasteiger charge is -1.85. The molecule has 0 spiro atoms. The average molecular weight is 159 g/mol. The molecule has 0 saturated heterocycles. The van der Waals surface area contributed by atoms with E-state index in [0.717, 1.165) is 12.1 Å². The second kappa shape index (κ2) is 5.19. The molecule has 1 heteroatoms. The predicted molar refractivity (Wildman–Crippen MR) is 53.4 cm³/mol. The molecular weight excluding hydrogens is 146 g/mol. The second-order valence-corrected chi connectivity index (χ2v) is 2.50. The van der Waals surface area contributed by atoms with E-state index >= 15 is 0 Å². The summed E-state index contributed by atoms with van der Waals surface area (Å²) < 4.78 is 0. The summed E-state index contributed by atoms with van der Waals surface area (Å²) in [6.45, 7) is 0. The van der Waals surface area contributed by atoms with Gasteiger partial charge in [-0.15, -0.1) is 0 Å². The highest BCUT2D eigenvalue weighted by Crippen LogP contribution is 1.94. The molecule has 0 aliphatic heterocycles. The van der Waals surface area contributed by atoms with Crippen molar-refractivity contribution < 1.29 is 0 Å². The fourth-order valence-electron chi connectivity index (χ4n) is 0.846. The lowest BCUT2D eigenvalue weighted by atomic mass is 10.3. The maximum atomic E-state index is 5.64. The van der Waals surface area contributed by atoms with Gasteiger partial charge in [0.05, 0.1) is 0 Å². The van der Waals surface area contributed by atoms with Gasteiger partial charge in [0.15, 0.2) is 0 Å². The summed E-state index contributed by atoms with van der Waals surface area (Å²) in [6.07, 6.45) is 18.8. The Labute approximate surface area is 73.3 Å². The van der Waals surface area contributed by atoms with Crippen LogP contribution in [0.3, 0.4) is 0 Å². The quantitative estimate of drug-likeness (QED) is 0.577. The molecule has 1 nitrogen and oxygen atoms in total. The predicted octanol–water partition coefficient (Wildman–Crippen LogP) is 2.46. The summed E-state index contributed by atoms with van der Waals surface area (Å²) in [5.41, 5.74) is 6.41. The van der Waals surface area contributed by atoms with Gasteiger partial charge in [-0.3, -0.25) is 0 Å². The summed E-state index contributed by atoms with van der Waals surface area (Å²) in [5, 5.41) is 0. The number of hydrogen-bond acceptors (Lipinski definition) is 1. The van der Waals surface area contributed by atoms with Crippen molar-refractivity contribution in [3.8, 4) is 0 Å². The molecule has 0 aromatic heterocycles.